The quantitative estimate of drug-likeness (QED) is 0.485. The van der Waals surface area contributed by atoms with Crippen molar-refractivity contribution in [1.29, 1.82) is 0 Å². The van der Waals surface area contributed by atoms with E-state index in [0.29, 0.717) is 0 Å². The van der Waals surface area contributed by atoms with E-state index in [4.69, 9.17) is 0 Å². The van der Waals surface area contributed by atoms with Crippen molar-refractivity contribution in [3.8, 4) is 0 Å². The van der Waals surface area contributed by atoms with E-state index < -0.39 is 0 Å². The first-order valence-electron chi connectivity index (χ1n) is 1.85. The molecule has 5 heteroatoms. The lowest BCUT2D eigenvalue weighted by atomic mass is 11.1. The van der Waals surface area contributed by atoms with Gasteiger partial charge in [0, 0.05) is 4.21 Å². The van der Waals surface area contributed by atoms with Gasteiger partial charge in [0.25, 0.3) is 0 Å². The lowest BCUT2D eigenvalue weighted by Crippen LogP contribution is -1.85. The van der Waals surface area contributed by atoms with Crippen LogP contribution in [0.25, 0.3) is 0 Å². The van der Waals surface area contributed by atoms with E-state index in [9.17, 15) is 4.21 Å². The van der Waals surface area contributed by atoms with Crippen molar-refractivity contribution in [3.05, 3.63) is 12.7 Å². The van der Waals surface area contributed by atoms with Crippen LogP contribution in [-0.2, 0) is 15.9 Å². The number of aromatic nitrogens is 3. The number of rotatable bonds is 1. The molecule has 0 atom stereocenters. The fraction of sp³-hybridized carbons (Fsp3) is 0. The third-order valence-corrected chi connectivity index (χ3v) is 0.904. The number of hydrogen-bond donors (Lipinski definition) is 0. The van der Waals surface area contributed by atoms with Crippen LogP contribution < -0.4 is 0 Å². The lowest BCUT2D eigenvalue weighted by Gasteiger charge is -1.69. The molecular formula is C3H2N3OS+. The predicted molar refractivity (Wildman–Crippen MR) is 26.1 cm³/mol. The van der Waals surface area contributed by atoms with Gasteiger partial charge in [0.05, 0.1) is 0 Å². The summed E-state index contributed by atoms with van der Waals surface area (Å²) in [6.45, 7) is 0. The van der Waals surface area contributed by atoms with E-state index in [1.165, 1.54) is 12.7 Å². The average Bonchev–Trinajstić information content (AvgIpc) is 1.90. The molecule has 0 amide bonds. The SMILES string of the molecule is O=[S+]c1ncncn1. The summed E-state index contributed by atoms with van der Waals surface area (Å²) in [4.78, 5) is 10.6. The van der Waals surface area contributed by atoms with Gasteiger partial charge in [-0.25, -0.2) is 4.98 Å². The fourth-order valence-corrected chi connectivity index (χ4v) is 0.452. The van der Waals surface area contributed by atoms with Gasteiger partial charge < -0.3 is 0 Å². The van der Waals surface area contributed by atoms with Crippen LogP contribution in [0.4, 0.5) is 0 Å². The fourth-order valence-electron chi connectivity index (χ4n) is 0.272. The third kappa shape index (κ3) is 1.00. The number of nitrogens with zero attached hydrogens (tertiary/aromatic N) is 3. The van der Waals surface area contributed by atoms with Crippen LogP contribution in [-0.4, -0.2) is 15.0 Å². The summed E-state index contributed by atoms with van der Waals surface area (Å²) in [5.74, 6) is 0. The van der Waals surface area contributed by atoms with Crippen molar-refractivity contribution in [2.75, 3.05) is 0 Å². The molecule has 1 heterocycles. The van der Waals surface area contributed by atoms with Crippen molar-refractivity contribution < 1.29 is 4.21 Å². The summed E-state index contributed by atoms with van der Waals surface area (Å²) in [6.07, 6.45) is 2.57. The summed E-state index contributed by atoms with van der Waals surface area (Å²) >= 11 is 0.257. The normalized spacial score (nSPS) is 8.50. The van der Waals surface area contributed by atoms with Crippen LogP contribution in [0, 0.1) is 0 Å². The standard InChI is InChI=1S/C3H2N3OS/c7-8-3-5-1-4-2-6-3/h1-2H/q+1. The average molecular weight is 128 g/mol. The highest BCUT2D eigenvalue weighted by Crippen LogP contribution is 1.78. The largest absolute Gasteiger partial charge is 0.550 e. The summed E-state index contributed by atoms with van der Waals surface area (Å²) in [5, 5.41) is 0.208. The van der Waals surface area contributed by atoms with Crippen molar-refractivity contribution in [2.24, 2.45) is 0 Å². The lowest BCUT2D eigenvalue weighted by molar-refractivity contribution is 0.600. The van der Waals surface area contributed by atoms with E-state index in [2.05, 4.69) is 15.0 Å². The Balaban J connectivity index is 2.99. The second-order valence-corrected chi connectivity index (χ2v) is 1.54. The van der Waals surface area contributed by atoms with Crippen LogP contribution in [0.3, 0.4) is 0 Å². The van der Waals surface area contributed by atoms with E-state index >= 15 is 0 Å². The second kappa shape index (κ2) is 2.37. The van der Waals surface area contributed by atoms with Crippen LogP contribution in [0.5, 0.6) is 0 Å². The van der Waals surface area contributed by atoms with Gasteiger partial charge in [-0.15, -0.1) is 0 Å². The van der Waals surface area contributed by atoms with Crippen LogP contribution >= 0.6 is 0 Å². The Hall–Kier alpha value is -0.970. The monoisotopic (exact) mass is 128 g/mol. The maximum absolute atomic E-state index is 9.90. The Morgan fingerprint density at radius 3 is 2.38 bits per heavy atom. The Morgan fingerprint density at radius 1 is 1.38 bits per heavy atom. The molecule has 1 rings (SSSR count). The molecule has 0 fully saturated rings. The summed E-state index contributed by atoms with van der Waals surface area (Å²) in [7, 11) is 0. The van der Waals surface area contributed by atoms with E-state index in [0.717, 1.165) is 0 Å². The Morgan fingerprint density at radius 2 is 2.00 bits per heavy atom. The minimum atomic E-state index is 0.208. The van der Waals surface area contributed by atoms with E-state index in [1.807, 2.05) is 0 Å². The molecule has 0 saturated heterocycles. The molecule has 0 aliphatic rings. The van der Waals surface area contributed by atoms with Gasteiger partial charge in [0.15, 0.2) is 0 Å². The molecule has 0 aliphatic carbocycles. The first-order chi connectivity index (χ1) is 3.93. The molecule has 0 bridgehead atoms. The van der Waals surface area contributed by atoms with Gasteiger partial charge in [-0.3, -0.25) is 0 Å². The van der Waals surface area contributed by atoms with E-state index in [-0.39, 0.29) is 16.8 Å². The molecule has 1 aromatic rings. The molecule has 4 nitrogen and oxygen atoms in total. The van der Waals surface area contributed by atoms with Gasteiger partial charge in [0.2, 0.25) is 0 Å². The third-order valence-electron chi connectivity index (χ3n) is 0.544. The zero-order chi connectivity index (χ0) is 5.82. The molecule has 40 valence electrons. The highest BCUT2D eigenvalue weighted by Gasteiger charge is 2.06. The molecule has 8 heavy (non-hydrogen) atoms. The first-order valence-corrected chi connectivity index (χ1v) is 2.59. The maximum atomic E-state index is 9.90. The van der Waals surface area contributed by atoms with Crippen molar-refractivity contribution >= 4 is 11.7 Å². The van der Waals surface area contributed by atoms with Crippen LogP contribution in [0.1, 0.15) is 0 Å². The van der Waals surface area contributed by atoms with Crippen molar-refractivity contribution in [2.45, 2.75) is 5.16 Å². The smallest absolute Gasteiger partial charge is 0.224 e. The van der Waals surface area contributed by atoms with Crippen LogP contribution in [0.15, 0.2) is 17.8 Å². The minimum Gasteiger partial charge on any atom is -0.224 e. The highest BCUT2D eigenvalue weighted by atomic mass is 32.1. The zero-order valence-electron chi connectivity index (χ0n) is 3.81. The van der Waals surface area contributed by atoms with Crippen molar-refractivity contribution in [3.63, 3.8) is 0 Å². The van der Waals surface area contributed by atoms with Gasteiger partial charge in [-0.2, -0.15) is 9.97 Å². The van der Waals surface area contributed by atoms with E-state index in [1.54, 1.807) is 0 Å². The summed E-state index contributed by atoms with van der Waals surface area (Å²) in [5.41, 5.74) is 0. The number of hydrogen-bond acceptors (Lipinski definition) is 4. The zero-order valence-corrected chi connectivity index (χ0v) is 4.63. The van der Waals surface area contributed by atoms with Gasteiger partial charge in [0.1, 0.15) is 12.7 Å². The Kier molecular flexibility index (Phi) is 1.53. The molecule has 0 saturated carbocycles. The predicted octanol–water partition coefficient (Wildman–Crippen LogP) is -0.341. The topological polar surface area (TPSA) is 55.7 Å². The molecule has 1 aromatic heterocycles. The summed E-state index contributed by atoms with van der Waals surface area (Å²) in [6, 6.07) is 0. The Bertz CT molecular complexity index is 177. The molecule has 0 unspecified atom stereocenters. The molecule has 0 N–H and O–H groups in total. The summed E-state index contributed by atoms with van der Waals surface area (Å²) < 4.78 is 9.90. The van der Waals surface area contributed by atoms with Crippen molar-refractivity contribution in [1.82, 2.24) is 15.0 Å². The molecule has 0 radical (unpaired) electrons. The first kappa shape index (κ1) is 5.17. The molecule has 0 aromatic carbocycles. The van der Waals surface area contributed by atoms with Gasteiger partial charge >= 0.3 is 16.8 Å². The van der Waals surface area contributed by atoms with Crippen LogP contribution in [0.2, 0.25) is 0 Å². The molecular weight excluding hydrogens is 126 g/mol. The maximum Gasteiger partial charge on any atom is 0.550 e. The highest BCUT2D eigenvalue weighted by molar-refractivity contribution is 7.65. The molecule has 0 aliphatic heterocycles. The molecule has 0 spiro atoms. The Labute approximate surface area is 49.5 Å². The van der Waals surface area contributed by atoms with Gasteiger partial charge in [-0.05, 0) is 0 Å². The minimum absolute atomic E-state index is 0.208. The van der Waals surface area contributed by atoms with Gasteiger partial charge in [-0.1, -0.05) is 0 Å². The second-order valence-electron chi connectivity index (χ2n) is 1.00.